The number of likely N-dealkylation sites (N-methyl/N-ethyl adjacent to an activating group) is 1. The van der Waals surface area contributed by atoms with Gasteiger partial charge in [-0.3, -0.25) is 4.90 Å². The van der Waals surface area contributed by atoms with E-state index in [1.165, 1.54) is 9.87 Å². The molecule has 3 aromatic carbocycles. The number of methoxy groups -OCH3 is 1. The minimum atomic E-state index is -3.92. The van der Waals surface area contributed by atoms with Crippen molar-refractivity contribution < 1.29 is 23.0 Å². The van der Waals surface area contributed by atoms with Crippen molar-refractivity contribution in [1.29, 1.82) is 0 Å². The van der Waals surface area contributed by atoms with Crippen molar-refractivity contribution in [1.82, 2.24) is 9.21 Å². The van der Waals surface area contributed by atoms with Crippen LogP contribution in [0.4, 0.5) is 0 Å². The maximum atomic E-state index is 13.7. The van der Waals surface area contributed by atoms with E-state index in [2.05, 4.69) is 28.9 Å². The Kier molecular flexibility index (Phi) is 9.31. The van der Waals surface area contributed by atoms with Crippen molar-refractivity contribution in [2.24, 2.45) is 5.92 Å². The van der Waals surface area contributed by atoms with Crippen LogP contribution >= 0.6 is 0 Å². The lowest BCUT2D eigenvalue weighted by Gasteiger charge is -2.37. The Labute approximate surface area is 232 Å². The van der Waals surface area contributed by atoms with Gasteiger partial charge in [-0.15, -0.1) is 0 Å². The molecule has 0 aromatic heterocycles. The molecule has 0 unspecified atom stereocenters. The fourth-order valence-corrected chi connectivity index (χ4v) is 6.50. The molecule has 0 aliphatic carbocycles. The average Bonchev–Trinajstić information content (AvgIpc) is 2.94. The summed E-state index contributed by atoms with van der Waals surface area (Å²) in [6, 6.07) is 22.0. The van der Waals surface area contributed by atoms with Crippen LogP contribution in [0.15, 0.2) is 77.7 Å². The Morgan fingerprint density at radius 1 is 1.10 bits per heavy atom. The first kappa shape index (κ1) is 28.7. The van der Waals surface area contributed by atoms with E-state index in [-0.39, 0.29) is 35.8 Å². The van der Waals surface area contributed by atoms with Crippen molar-refractivity contribution in [3.8, 4) is 23.3 Å². The Balaban J connectivity index is 1.71. The molecule has 7 nitrogen and oxygen atoms in total. The van der Waals surface area contributed by atoms with Crippen LogP contribution in [0.5, 0.6) is 11.5 Å². The van der Waals surface area contributed by atoms with Crippen molar-refractivity contribution in [3.63, 3.8) is 0 Å². The molecule has 0 amide bonds. The fourth-order valence-electron chi connectivity index (χ4n) is 4.68. The quantitative estimate of drug-likeness (QED) is 0.450. The molecule has 0 bridgehead atoms. The number of aliphatic hydroxyl groups is 1. The van der Waals surface area contributed by atoms with Crippen LogP contribution in [0, 0.1) is 17.8 Å². The number of ether oxygens (including phenoxy) is 2. The van der Waals surface area contributed by atoms with Crippen molar-refractivity contribution >= 4 is 10.0 Å². The lowest BCUT2D eigenvalue weighted by molar-refractivity contribution is 0.0733. The Morgan fingerprint density at radius 3 is 2.54 bits per heavy atom. The van der Waals surface area contributed by atoms with E-state index in [0.717, 1.165) is 12.1 Å². The highest BCUT2D eigenvalue weighted by atomic mass is 32.2. The van der Waals surface area contributed by atoms with E-state index in [1.54, 1.807) is 32.2 Å². The molecule has 3 aromatic rings. The van der Waals surface area contributed by atoms with Gasteiger partial charge in [0.05, 0.1) is 19.3 Å². The molecule has 0 saturated heterocycles. The molecular formula is C31H36N2O5S. The molecule has 4 rings (SSSR count). The minimum absolute atomic E-state index is 0.0771. The van der Waals surface area contributed by atoms with E-state index in [9.17, 15) is 13.5 Å². The first-order chi connectivity index (χ1) is 18.7. The molecule has 8 heteroatoms. The number of hydrogen-bond acceptors (Lipinski definition) is 6. The number of hydrogen-bond donors (Lipinski definition) is 1. The van der Waals surface area contributed by atoms with Crippen LogP contribution in [0.2, 0.25) is 0 Å². The van der Waals surface area contributed by atoms with Gasteiger partial charge in [0.15, 0.2) is 0 Å². The first-order valence-electron chi connectivity index (χ1n) is 13.0. The summed E-state index contributed by atoms with van der Waals surface area (Å²) < 4.78 is 40.8. The van der Waals surface area contributed by atoms with Gasteiger partial charge in [-0.1, -0.05) is 61.2 Å². The molecule has 0 radical (unpaired) electrons. The predicted molar refractivity (Wildman–Crippen MR) is 152 cm³/mol. The molecule has 0 fully saturated rings. The van der Waals surface area contributed by atoms with Crippen LogP contribution in [0.25, 0.3) is 0 Å². The van der Waals surface area contributed by atoms with Gasteiger partial charge in [0.2, 0.25) is 10.0 Å². The summed E-state index contributed by atoms with van der Waals surface area (Å²) in [6.45, 7) is 5.00. The Hall–Kier alpha value is -3.35. The molecule has 0 spiro atoms. The average molecular weight is 549 g/mol. The number of para-hydroxylation sites is 1. The monoisotopic (exact) mass is 548 g/mol. The van der Waals surface area contributed by atoms with Crippen molar-refractivity contribution in [2.45, 2.75) is 37.4 Å². The van der Waals surface area contributed by atoms with Gasteiger partial charge in [-0.05, 0) is 49.9 Å². The zero-order valence-corrected chi connectivity index (χ0v) is 23.7. The second-order valence-corrected chi connectivity index (χ2v) is 11.9. The highest BCUT2D eigenvalue weighted by Crippen LogP contribution is 2.34. The lowest BCUT2D eigenvalue weighted by Crippen LogP contribution is -2.49. The zero-order valence-electron chi connectivity index (χ0n) is 22.9. The third-order valence-corrected chi connectivity index (χ3v) is 8.92. The molecular weight excluding hydrogens is 512 g/mol. The summed E-state index contributed by atoms with van der Waals surface area (Å²) >= 11 is 0. The highest BCUT2D eigenvalue weighted by Gasteiger charge is 2.38. The van der Waals surface area contributed by atoms with Gasteiger partial charge in [-0.2, -0.15) is 4.31 Å². The van der Waals surface area contributed by atoms with E-state index in [0.29, 0.717) is 17.9 Å². The van der Waals surface area contributed by atoms with Crippen LogP contribution < -0.4 is 9.47 Å². The number of benzene rings is 3. The van der Waals surface area contributed by atoms with Crippen LogP contribution in [-0.4, -0.2) is 68.7 Å². The van der Waals surface area contributed by atoms with E-state index in [4.69, 9.17) is 9.47 Å². The summed E-state index contributed by atoms with van der Waals surface area (Å²) in [7, 11) is -0.288. The number of fused-ring (bicyclic) bond motifs is 1. The van der Waals surface area contributed by atoms with Crippen LogP contribution in [-0.2, 0) is 16.6 Å². The van der Waals surface area contributed by atoms with Crippen molar-refractivity contribution in [3.05, 3.63) is 89.5 Å². The van der Waals surface area contributed by atoms with Gasteiger partial charge in [0.25, 0.3) is 0 Å². The minimum Gasteiger partial charge on any atom is -0.495 e. The lowest BCUT2D eigenvalue weighted by atomic mass is 10.0. The SMILES string of the molecule is COc1ccccc1C#Cc1ccc2c(c1)O[C@@H](CN(C)Cc1ccccc1)[C@H](C)CN([C@H](C)CO)S2(=O)=O. The standard InChI is InChI=1S/C31H36N2O5S/c1-23-19-33(24(2)22-34)39(35,36)31-17-15-25(14-16-27-12-8-9-13-28(27)37-4)18-29(31)38-30(23)21-32(3)20-26-10-6-5-7-11-26/h5-13,15,17-18,23-24,30,34H,19-22H2,1-4H3/t23-,24-,30+/m1/s1. The van der Waals surface area contributed by atoms with Gasteiger partial charge < -0.3 is 14.6 Å². The van der Waals surface area contributed by atoms with E-state index < -0.39 is 16.1 Å². The topological polar surface area (TPSA) is 79.3 Å². The molecule has 1 N–H and O–H groups in total. The third kappa shape index (κ3) is 6.81. The van der Waals surface area contributed by atoms with Crippen LogP contribution in [0.3, 0.4) is 0 Å². The molecule has 1 heterocycles. The first-order valence-corrected chi connectivity index (χ1v) is 14.5. The second kappa shape index (κ2) is 12.7. The van der Waals surface area contributed by atoms with Gasteiger partial charge >= 0.3 is 0 Å². The zero-order chi connectivity index (χ0) is 28.0. The van der Waals surface area contributed by atoms with Gasteiger partial charge in [0, 0.05) is 37.2 Å². The highest BCUT2D eigenvalue weighted by molar-refractivity contribution is 7.89. The summed E-state index contributed by atoms with van der Waals surface area (Å²) in [6.07, 6.45) is -0.293. The summed E-state index contributed by atoms with van der Waals surface area (Å²) in [5.41, 5.74) is 2.55. The van der Waals surface area contributed by atoms with Gasteiger partial charge in [-0.25, -0.2) is 8.42 Å². The summed E-state index contributed by atoms with van der Waals surface area (Å²) in [4.78, 5) is 2.26. The molecule has 1 aliphatic rings. The third-order valence-electron chi connectivity index (χ3n) is 6.90. The normalized spacial score (nSPS) is 19.5. The van der Waals surface area contributed by atoms with E-state index >= 15 is 0 Å². The number of sulfonamides is 1. The fraction of sp³-hybridized carbons (Fsp3) is 0.355. The Bertz CT molecular complexity index is 1430. The smallest absolute Gasteiger partial charge is 0.247 e. The number of nitrogens with zero attached hydrogens (tertiary/aromatic N) is 2. The molecule has 206 valence electrons. The number of aliphatic hydroxyl groups excluding tert-OH is 1. The second-order valence-electron chi connectivity index (χ2n) is 10.0. The molecule has 1 aliphatic heterocycles. The molecule has 0 saturated carbocycles. The summed E-state index contributed by atoms with van der Waals surface area (Å²) in [5.74, 6) is 7.04. The number of rotatable bonds is 7. The van der Waals surface area contributed by atoms with Crippen molar-refractivity contribution in [2.75, 3.05) is 33.9 Å². The molecule has 3 atom stereocenters. The Morgan fingerprint density at radius 2 is 1.82 bits per heavy atom. The predicted octanol–water partition coefficient (Wildman–Crippen LogP) is 4.00. The summed E-state index contributed by atoms with van der Waals surface area (Å²) in [5, 5.41) is 9.88. The largest absolute Gasteiger partial charge is 0.495 e. The van der Waals surface area contributed by atoms with Gasteiger partial charge in [0.1, 0.15) is 22.5 Å². The molecule has 39 heavy (non-hydrogen) atoms. The maximum Gasteiger partial charge on any atom is 0.247 e. The maximum absolute atomic E-state index is 13.7. The van der Waals surface area contributed by atoms with Crippen LogP contribution in [0.1, 0.15) is 30.5 Å². The van der Waals surface area contributed by atoms with E-state index in [1.807, 2.05) is 56.4 Å².